The third kappa shape index (κ3) is 3.08. The highest BCUT2D eigenvalue weighted by molar-refractivity contribution is 5.86. The zero-order chi connectivity index (χ0) is 11.7. The third-order valence-electron chi connectivity index (χ3n) is 2.98. The number of benzene rings is 1. The Hall–Kier alpha value is -1.52. The predicted molar refractivity (Wildman–Crippen MR) is 84.7 cm³/mol. The molecule has 0 bridgehead atoms. The normalized spacial score (nSPS) is 13.0. The number of hydrogen-bond donors (Lipinski definition) is 1. The van der Waals surface area contributed by atoms with E-state index in [2.05, 4.69) is 40.5 Å². The minimum absolute atomic E-state index is 0. The van der Waals surface area contributed by atoms with Crippen LogP contribution in [0.25, 0.3) is 10.9 Å². The number of nitrogens with zero attached hydrogens (tertiary/aromatic N) is 3. The molecule has 1 aliphatic heterocycles. The molecular formula is C13H16Cl2N4. The number of halogens is 2. The number of aliphatic imine (C=N–C) groups is 1. The van der Waals surface area contributed by atoms with Crippen LogP contribution in [0.15, 0.2) is 35.5 Å². The molecule has 0 amide bonds. The summed E-state index contributed by atoms with van der Waals surface area (Å²) >= 11 is 0. The van der Waals surface area contributed by atoms with Crippen molar-refractivity contribution in [2.45, 2.75) is 6.92 Å². The average Bonchev–Trinajstić information content (AvgIpc) is 2.86. The second-order valence-electron chi connectivity index (χ2n) is 4.14. The van der Waals surface area contributed by atoms with Crippen molar-refractivity contribution in [1.82, 2.24) is 9.99 Å². The maximum atomic E-state index is 4.42. The zero-order valence-electron chi connectivity index (χ0n) is 10.5. The van der Waals surface area contributed by atoms with Crippen LogP contribution in [0.1, 0.15) is 5.56 Å². The maximum absolute atomic E-state index is 4.42. The van der Waals surface area contributed by atoms with Gasteiger partial charge in [0.2, 0.25) is 0 Å². The number of fused-ring (bicyclic) bond motifs is 1. The summed E-state index contributed by atoms with van der Waals surface area (Å²) in [4.78, 5) is 8.60. The Morgan fingerprint density at radius 3 is 2.79 bits per heavy atom. The quantitative estimate of drug-likeness (QED) is 0.926. The van der Waals surface area contributed by atoms with Gasteiger partial charge in [-0.25, -0.2) is 0 Å². The fourth-order valence-electron chi connectivity index (χ4n) is 2.03. The standard InChI is InChI=1S/C13H14N4.2ClH/c1-10-12(16-17-8-7-14-9-17)5-4-11-3-2-6-15-13(10)11;;/h2-6,9,16H,7-8H2,1H3;2*1H. The van der Waals surface area contributed by atoms with Crippen LogP contribution >= 0.6 is 24.8 Å². The molecule has 102 valence electrons. The SMILES string of the molecule is Cc1c(NN2C=NCC2)ccc2cccnc12.Cl.Cl. The van der Waals surface area contributed by atoms with Crippen LogP contribution in [-0.4, -0.2) is 29.4 Å². The van der Waals surface area contributed by atoms with Gasteiger partial charge >= 0.3 is 0 Å². The molecule has 0 saturated heterocycles. The molecule has 6 heteroatoms. The molecule has 19 heavy (non-hydrogen) atoms. The van der Waals surface area contributed by atoms with Crippen LogP contribution < -0.4 is 5.43 Å². The minimum Gasteiger partial charge on any atom is -0.297 e. The Bertz CT molecular complexity index is 586. The molecule has 0 unspecified atom stereocenters. The molecule has 1 aromatic heterocycles. The fourth-order valence-corrected chi connectivity index (χ4v) is 2.03. The van der Waals surface area contributed by atoms with Gasteiger partial charge in [-0.05, 0) is 19.1 Å². The molecule has 0 saturated carbocycles. The van der Waals surface area contributed by atoms with Crippen molar-refractivity contribution in [3.63, 3.8) is 0 Å². The first kappa shape index (κ1) is 15.5. The highest BCUT2D eigenvalue weighted by Gasteiger charge is 2.08. The molecule has 1 aliphatic rings. The van der Waals surface area contributed by atoms with Crippen LogP contribution in [0.5, 0.6) is 0 Å². The van der Waals surface area contributed by atoms with E-state index in [4.69, 9.17) is 0 Å². The lowest BCUT2D eigenvalue weighted by Crippen LogP contribution is -2.26. The molecule has 2 aromatic rings. The van der Waals surface area contributed by atoms with E-state index in [-0.39, 0.29) is 24.8 Å². The van der Waals surface area contributed by atoms with Gasteiger partial charge in [0.25, 0.3) is 0 Å². The topological polar surface area (TPSA) is 40.5 Å². The van der Waals surface area contributed by atoms with E-state index < -0.39 is 0 Å². The largest absolute Gasteiger partial charge is 0.297 e. The Morgan fingerprint density at radius 1 is 1.21 bits per heavy atom. The highest BCUT2D eigenvalue weighted by atomic mass is 35.5. The van der Waals surface area contributed by atoms with Gasteiger partial charge in [-0.2, -0.15) is 0 Å². The summed E-state index contributed by atoms with van der Waals surface area (Å²) in [5.41, 5.74) is 6.65. The van der Waals surface area contributed by atoms with Gasteiger partial charge in [0.05, 0.1) is 24.3 Å². The van der Waals surface area contributed by atoms with Crippen LogP contribution in [0.4, 0.5) is 5.69 Å². The first-order chi connectivity index (χ1) is 8.34. The lowest BCUT2D eigenvalue weighted by Gasteiger charge is -2.19. The summed E-state index contributed by atoms with van der Waals surface area (Å²) in [7, 11) is 0. The molecule has 0 radical (unpaired) electrons. The van der Waals surface area contributed by atoms with Gasteiger partial charge < -0.3 is 0 Å². The van der Waals surface area contributed by atoms with Gasteiger partial charge in [-0.15, -0.1) is 24.8 Å². The van der Waals surface area contributed by atoms with E-state index in [9.17, 15) is 0 Å². The van der Waals surface area contributed by atoms with E-state index in [1.54, 1.807) is 0 Å². The van der Waals surface area contributed by atoms with E-state index in [1.165, 1.54) is 10.9 Å². The first-order valence-corrected chi connectivity index (χ1v) is 5.72. The Labute approximate surface area is 124 Å². The molecule has 4 nitrogen and oxygen atoms in total. The van der Waals surface area contributed by atoms with Crippen molar-refractivity contribution in [3.05, 3.63) is 36.0 Å². The van der Waals surface area contributed by atoms with Gasteiger partial charge in [0.1, 0.15) is 6.34 Å². The Kier molecular flexibility index (Phi) is 5.39. The maximum Gasteiger partial charge on any atom is 0.104 e. The monoisotopic (exact) mass is 298 g/mol. The van der Waals surface area contributed by atoms with E-state index in [1.807, 2.05) is 23.6 Å². The van der Waals surface area contributed by atoms with Gasteiger partial charge in [-0.3, -0.25) is 20.4 Å². The summed E-state index contributed by atoms with van der Waals surface area (Å²) in [5, 5.41) is 3.17. The van der Waals surface area contributed by atoms with E-state index >= 15 is 0 Å². The predicted octanol–water partition coefficient (Wildman–Crippen LogP) is 3.06. The average molecular weight is 299 g/mol. The summed E-state index contributed by atoms with van der Waals surface area (Å²) in [6, 6.07) is 8.22. The van der Waals surface area contributed by atoms with Gasteiger partial charge in [0.15, 0.2) is 0 Å². The molecule has 0 fully saturated rings. The van der Waals surface area contributed by atoms with Gasteiger partial charge in [-0.1, -0.05) is 12.1 Å². The van der Waals surface area contributed by atoms with Crippen molar-refractivity contribution in [2.75, 3.05) is 18.5 Å². The van der Waals surface area contributed by atoms with Crippen LogP contribution in [0.2, 0.25) is 0 Å². The van der Waals surface area contributed by atoms with Crippen molar-refractivity contribution in [1.29, 1.82) is 0 Å². The number of hydrazine groups is 1. The Balaban J connectivity index is 0.000000902. The fraction of sp³-hybridized carbons (Fsp3) is 0.231. The molecule has 0 aliphatic carbocycles. The molecule has 1 N–H and O–H groups in total. The summed E-state index contributed by atoms with van der Waals surface area (Å²) < 4.78 is 0. The molecule has 2 heterocycles. The number of hydrogen-bond acceptors (Lipinski definition) is 4. The van der Waals surface area contributed by atoms with Crippen molar-refractivity contribution in [3.8, 4) is 0 Å². The number of aromatic nitrogens is 1. The molecule has 0 atom stereocenters. The Morgan fingerprint density at radius 2 is 2.05 bits per heavy atom. The van der Waals surface area contributed by atoms with Gasteiger partial charge in [0, 0.05) is 17.1 Å². The molecular weight excluding hydrogens is 283 g/mol. The number of pyridine rings is 1. The second kappa shape index (κ2) is 6.59. The number of nitrogens with one attached hydrogen (secondary N) is 1. The van der Waals surface area contributed by atoms with Crippen molar-refractivity contribution in [2.24, 2.45) is 4.99 Å². The lowest BCUT2D eigenvalue weighted by atomic mass is 10.1. The van der Waals surface area contributed by atoms with Crippen LogP contribution in [0.3, 0.4) is 0 Å². The number of aryl methyl sites for hydroxylation is 1. The summed E-state index contributed by atoms with van der Waals surface area (Å²) in [5.74, 6) is 0. The lowest BCUT2D eigenvalue weighted by molar-refractivity contribution is 0.557. The number of anilines is 1. The molecule has 0 spiro atoms. The minimum atomic E-state index is 0. The van der Waals surface area contributed by atoms with E-state index in [0.29, 0.717) is 0 Å². The smallest absolute Gasteiger partial charge is 0.104 e. The second-order valence-corrected chi connectivity index (χ2v) is 4.14. The summed E-state index contributed by atoms with van der Waals surface area (Å²) in [6.45, 7) is 3.86. The first-order valence-electron chi connectivity index (χ1n) is 5.72. The third-order valence-corrected chi connectivity index (χ3v) is 2.98. The van der Waals surface area contributed by atoms with Crippen LogP contribution in [0, 0.1) is 6.92 Å². The zero-order valence-corrected chi connectivity index (χ0v) is 12.2. The van der Waals surface area contributed by atoms with Crippen molar-refractivity contribution < 1.29 is 0 Å². The number of rotatable bonds is 2. The van der Waals surface area contributed by atoms with Crippen molar-refractivity contribution >= 4 is 47.7 Å². The van der Waals surface area contributed by atoms with E-state index in [0.717, 1.165) is 24.3 Å². The summed E-state index contributed by atoms with van der Waals surface area (Å²) in [6.07, 6.45) is 3.67. The van der Waals surface area contributed by atoms with Crippen LogP contribution in [-0.2, 0) is 0 Å². The molecule has 1 aromatic carbocycles. The molecule has 3 rings (SSSR count). The highest BCUT2D eigenvalue weighted by Crippen LogP contribution is 2.23.